The largest absolute Gasteiger partial charge is 0.464 e. The molecule has 0 fully saturated rings. The van der Waals surface area contributed by atoms with Gasteiger partial charge in [-0.2, -0.15) is 0 Å². The number of esters is 1. The lowest BCUT2D eigenvalue weighted by Crippen LogP contribution is -2.17. The van der Waals surface area contributed by atoms with Gasteiger partial charge in [-0.15, -0.1) is 0 Å². The maximum absolute atomic E-state index is 11.5. The molecule has 0 aliphatic heterocycles. The van der Waals surface area contributed by atoms with Crippen molar-refractivity contribution in [3.63, 3.8) is 0 Å². The summed E-state index contributed by atoms with van der Waals surface area (Å²) in [6, 6.07) is 7.13. The highest BCUT2D eigenvalue weighted by Gasteiger charge is 2.23. The molecule has 0 saturated carbocycles. The van der Waals surface area contributed by atoms with Crippen LogP contribution >= 0.6 is 0 Å². The van der Waals surface area contributed by atoms with Crippen LogP contribution in [0.2, 0.25) is 0 Å². The van der Waals surface area contributed by atoms with Gasteiger partial charge in [0.05, 0.1) is 12.7 Å². The third-order valence-electron chi connectivity index (χ3n) is 2.59. The van der Waals surface area contributed by atoms with Crippen LogP contribution in [0.15, 0.2) is 24.3 Å². The average molecular weight is 238 g/mol. The van der Waals surface area contributed by atoms with Gasteiger partial charge in [-0.25, -0.2) is 4.79 Å². The first kappa shape index (κ1) is 13.7. The fourth-order valence-electron chi connectivity index (χ4n) is 1.61. The topological polar surface area (TPSA) is 55.8 Å². The van der Waals surface area contributed by atoms with Crippen LogP contribution in [0.1, 0.15) is 37.2 Å². The molecule has 1 aromatic carbocycles. The minimum Gasteiger partial charge on any atom is -0.464 e. The number of ether oxygens (including phenoxy) is 2. The Morgan fingerprint density at radius 2 is 1.94 bits per heavy atom. The second kappa shape index (κ2) is 6.37. The predicted octanol–water partition coefficient (Wildman–Crippen LogP) is 1.99. The average Bonchev–Trinajstić information content (AvgIpc) is 2.37. The molecule has 0 spiro atoms. The van der Waals surface area contributed by atoms with Crippen LogP contribution in [0.4, 0.5) is 0 Å². The van der Waals surface area contributed by atoms with E-state index >= 15 is 0 Å². The number of aliphatic hydroxyl groups is 1. The van der Waals surface area contributed by atoms with E-state index in [9.17, 15) is 9.90 Å². The first-order valence-corrected chi connectivity index (χ1v) is 5.58. The van der Waals surface area contributed by atoms with Crippen molar-refractivity contribution in [3.8, 4) is 0 Å². The third kappa shape index (κ3) is 3.28. The van der Waals surface area contributed by atoms with Crippen LogP contribution in [0, 0.1) is 0 Å². The third-order valence-corrected chi connectivity index (χ3v) is 2.59. The van der Waals surface area contributed by atoms with E-state index in [0.717, 1.165) is 5.56 Å². The van der Waals surface area contributed by atoms with Crippen LogP contribution in [0.5, 0.6) is 0 Å². The van der Waals surface area contributed by atoms with Crippen molar-refractivity contribution >= 4 is 5.97 Å². The molecule has 17 heavy (non-hydrogen) atoms. The van der Waals surface area contributed by atoms with E-state index in [1.807, 2.05) is 19.1 Å². The molecular weight excluding hydrogens is 220 g/mol. The highest BCUT2D eigenvalue weighted by atomic mass is 16.5. The van der Waals surface area contributed by atoms with Gasteiger partial charge in [0.1, 0.15) is 0 Å². The molecule has 1 aromatic rings. The van der Waals surface area contributed by atoms with Gasteiger partial charge >= 0.3 is 5.97 Å². The molecule has 4 heteroatoms. The standard InChI is InChI=1S/C13H18O4/c1-4-17-13(15)12(14)11-8-6-5-7-10(11)9(2)16-3/h5-9,12,14H,4H2,1-3H3. The summed E-state index contributed by atoms with van der Waals surface area (Å²) in [5, 5.41) is 9.92. The highest BCUT2D eigenvalue weighted by Crippen LogP contribution is 2.26. The van der Waals surface area contributed by atoms with Gasteiger partial charge in [0, 0.05) is 7.11 Å². The summed E-state index contributed by atoms with van der Waals surface area (Å²) in [4.78, 5) is 11.5. The second-order valence-electron chi connectivity index (χ2n) is 3.66. The van der Waals surface area contributed by atoms with Gasteiger partial charge in [-0.05, 0) is 25.0 Å². The van der Waals surface area contributed by atoms with Gasteiger partial charge in [-0.1, -0.05) is 24.3 Å². The van der Waals surface area contributed by atoms with Crippen LogP contribution in [0.25, 0.3) is 0 Å². The zero-order valence-corrected chi connectivity index (χ0v) is 10.3. The molecule has 2 unspecified atom stereocenters. The molecular formula is C13H18O4. The molecule has 1 N–H and O–H groups in total. The van der Waals surface area contributed by atoms with Crippen LogP contribution in [0.3, 0.4) is 0 Å². The minimum absolute atomic E-state index is 0.185. The smallest absolute Gasteiger partial charge is 0.339 e. The van der Waals surface area contributed by atoms with Gasteiger partial charge in [-0.3, -0.25) is 0 Å². The molecule has 0 amide bonds. The number of methoxy groups -OCH3 is 1. The van der Waals surface area contributed by atoms with Crippen molar-refractivity contribution in [2.45, 2.75) is 26.1 Å². The molecule has 0 aliphatic rings. The van der Waals surface area contributed by atoms with E-state index in [4.69, 9.17) is 9.47 Å². The van der Waals surface area contributed by atoms with E-state index in [-0.39, 0.29) is 12.7 Å². The Morgan fingerprint density at radius 3 is 2.47 bits per heavy atom. The molecule has 0 saturated heterocycles. The number of rotatable bonds is 5. The molecule has 94 valence electrons. The first-order valence-electron chi connectivity index (χ1n) is 5.58. The quantitative estimate of drug-likeness (QED) is 0.797. The van der Waals surface area contributed by atoms with E-state index in [2.05, 4.69) is 0 Å². The maximum Gasteiger partial charge on any atom is 0.339 e. The summed E-state index contributed by atoms with van der Waals surface area (Å²) in [5.74, 6) is -0.636. The first-order chi connectivity index (χ1) is 8.11. The lowest BCUT2D eigenvalue weighted by Gasteiger charge is -2.18. The Balaban J connectivity index is 3.00. The second-order valence-corrected chi connectivity index (χ2v) is 3.66. The molecule has 0 heterocycles. The zero-order valence-electron chi connectivity index (χ0n) is 10.3. The van der Waals surface area contributed by atoms with Gasteiger partial charge in [0.15, 0.2) is 6.10 Å². The maximum atomic E-state index is 11.5. The lowest BCUT2D eigenvalue weighted by atomic mass is 9.99. The van der Waals surface area contributed by atoms with Crippen LogP contribution in [-0.2, 0) is 14.3 Å². The molecule has 0 radical (unpaired) electrons. The molecule has 4 nitrogen and oxygen atoms in total. The van der Waals surface area contributed by atoms with Gasteiger partial charge in [0.25, 0.3) is 0 Å². The van der Waals surface area contributed by atoms with Gasteiger partial charge in [0.2, 0.25) is 0 Å². The van der Waals surface area contributed by atoms with Gasteiger partial charge < -0.3 is 14.6 Å². The number of hydrogen-bond acceptors (Lipinski definition) is 4. The summed E-state index contributed by atoms with van der Waals surface area (Å²) < 4.78 is 10.0. The van der Waals surface area contributed by atoms with E-state index < -0.39 is 12.1 Å². The summed E-state index contributed by atoms with van der Waals surface area (Å²) in [6.07, 6.45) is -1.45. The predicted molar refractivity (Wildman–Crippen MR) is 63.5 cm³/mol. The molecule has 0 bridgehead atoms. The summed E-state index contributed by atoms with van der Waals surface area (Å²) >= 11 is 0. The SMILES string of the molecule is CCOC(=O)C(O)c1ccccc1C(C)OC. The van der Waals surface area contributed by atoms with Crippen molar-refractivity contribution < 1.29 is 19.4 Å². The van der Waals surface area contributed by atoms with E-state index in [1.54, 1.807) is 26.2 Å². The number of carbonyl (C=O) groups is 1. The Morgan fingerprint density at radius 1 is 1.35 bits per heavy atom. The monoisotopic (exact) mass is 238 g/mol. The zero-order chi connectivity index (χ0) is 12.8. The summed E-state index contributed by atoms with van der Waals surface area (Å²) in [6.45, 7) is 3.81. The Bertz CT molecular complexity index is 375. The summed E-state index contributed by atoms with van der Waals surface area (Å²) in [7, 11) is 1.58. The van der Waals surface area contributed by atoms with Crippen molar-refractivity contribution in [1.29, 1.82) is 0 Å². The van der Waals surface area contributed by atoms with Crippen molar-refractivity contribution in [3.05, 3.63) is 35.4 Å². The molecule has 0 aromatic heterocycles. The number of hydrogen-bond donors (Lipinski definition) is 1. The minimum atomic E-state index is -1.26. The van der Waals surface area contributed by atoms with Crippen molar-refractivity contribution in [1.82, 2.24) is 0 Å². The number of carbonyl (C=O) groups excluding carboxylic acids is 1. The van der Waals surface area contributed by atoms with Crippen LogP contribution < -0.4 is 0 Å². The number of aliphatic hydroxyl groups excluding tert-OH is 1. The highest BCUT2D eigenvalue weighted by molar-refractivity contribution is 5.76. The van der Waals surface area contributed by atoms with Crippen molar-refractivity contribution in [2.24, 2.45) is 0 Å². The Kier molecular flexibility index (Phi) is 5.12. The summed E-state index contributed by atoms with van der Waals surface area (Å²) in [5.41, 5.74) is 1.32. The molecule has 1 rings (SSSR count). The number of benzene rings is 1. The fourth-order valence-corrected chi connectivity index (χ4v) is 1.61. The normalized spacial score (nSPS) is 14.1. The van der Waals surface area contributed by atoms with E-state index in [0.29, 0.717) is 5.56 Å². The van der Waals surface area contributed by atoms with Crippen LogP contribution in [-0.4, -0.2) is 24.8 Å². The fraction of sp³-hybridized carbons (Fsp3) is 0.462. The molecule has 0 aliphatic carbocycles. The van der Waals surface area contributed by atoms with E-state index in [1.165, 1.54) is 0 Å². The Labute approximate surface area is 101 Å². The molecule has 2 atom stereocenters. The lowest BCUT2D eigenvalue weighted by molar-refractivity contribution is -0.153. The Hall–Kier alpha value is -1.39. The van der Waals surface area contributed by atoms with Crippen molar-refractivity contribution in [2.75, 3.05) is 13.7 Å².